The molecule has 2 unspecified atom stereocenters. The number of carbonyl (C=O) groups is 1. The molecule has 2 atom stereocenters. The van der Waals surface area contributed by atoms with Crippen molar-refractivity contribution in [3.63, 3.8) is 0 Å². The van der Waals surface area contributed by atoms with Crippen LogP contribution in [0.5, 0.6) is 0 Å². The van der Waals surface area contributed by atoms with Crippen molar-refractivity contribution in [2.45, 2.75) is 46.0 Å². The van der Waals surface area contributed by atoms with Crippen molar-refractivity contribution in [2.75, 3.05) is 18.4 Å². The van der Waals surface area contributed by atoms with E-state index in [9.17, 15) is 4.79 Å². The van der Waals surface area contributed by atoms with Gasteiger partial charge in [0.2, 0.25) is 0 Å². The second-order valence-corrected chi connectivity index (χ2v) is 5.96. The van der Waals surface area contributed by atoms with Gasteiger partial charge in [0, 0.05) is 13.1 Å². The Morgan fingerprint density at radius 1 is 1.29 bits per heavy atom. The monoisotopic (exact) mass is 290 g/mol. The van der Waals surface area contributed by atoms with Crippen molar-refractivity contribution in [1.29, 1.82) is 0 Å². The Morgan fingerprint density at radius 2 is 2.10 bits per heavy atom. The van der Waals surface area contributed by atoms with Gasteiger partial charge in [-0.15, -0.1) is 10.2 Å². The van der Waals surface area contributed by atoms with E-state index in [1.54, 1.807) is 12.1 Å². The van der Waals surface area contributed by atoms with E-state index in [0.29, 0.717) is 23.3 Å². The van der Waals surface area contributed by atoms with Crippen LogP contribution in [0.1, 0.15) is 56.4 Å². The summed E-state index contributed by atoms with van der Waals surface area (Å²) in [7, 11) is 0. The van der Waals surface area contributed by atoms with Crippen molar-refractivity contribution >= 4 is 11.7 Å². The maximum absolute atomic E-state index is 12.1. The van der Waals surface area contributed by atoms with Gasteiger partial charge in [-0.3, -0.25) is 4.79 Å². The standard InChI is InChI=1S/C16H26N4O/c1-3-10-17-15-9-8-14(19-20-15)16(21)18-11-13-7-5-4-6-12(13)2/h8-9,12-13H,3-7,10-11H2,1-2H3,(H,17,20)(H,18,21). The lowest BCUT2D eigenvalue weighted by Gasteiger charge is -2.28. The second-order valence-electron chi connectivity index (χ2n) is 5.96. The van der Waals surface area contributed by atoms with Gasteiger partial charge in [-0.1, -0.05) is 33.1 Å². The highest BCUT2D eigenvalue weighted by atomic mass is 16.1. The Labute approximate surface area is 126 Å². The van der Waals surface area contributed by atoms with Crippen LogP contribution >= 0.6 is 0 Å². The molecule has 2 N–H and O–H groups in total. The minimum absolute atomic E-state index is 0.123. The van der Waals surface area contributed by atoms with Crippen LogP contribution < -0.4 is 10.6 Å². The van der Waals surface area contributed by atoms with Gasteiger partial charge in [-0.2, -0.15) is 0 Å². The number of nitrogens with zero attached hydrogens (tertiary/aromatic N) is 2. The van der Waals surface area contributed by atoms with Crippen LogP contribution in [0.25, 0.3) is 0 Å². The normalized spacial score (nSPS) is 21.8. The zero-order valence-electron chi connectivity index (χ0n) is 13.1. The second kappa shape index (κ2) is 7.96. The molecule has 1 heterocycles. The summed E-state index contributed by atoms with van der Waals surface area (Å²) >= 11 is 0. The molecule has 1 aliphatic carbocycles. The molecule has 5 nitrogen and oxygen atoms in total. The lowest BCUT2D eigenvalue weighted by molar-refractivity contribution is 0.0930. The molecule has 0 saturated heterocycles. The first-order chi connectivity index (χ1) is 10.2. The van der Waals surface area contributed by atoms with E-state index in [1.807, 2.05) is 0 Å². The maximum atomic E-state index is 12.1. The fraction of sp³-hybridized carbons (Fsp3) is 0.688. The molecule has 0 bridgehead atoms. The van der Waals surface area contributed by atoms with E-state index < -0.39 is 0 Å². The van der Waals surface area contributed by atoms with Crippen LogP contribution in [-0.4, -0.2) is 29.2 Å². The Balaban J connectivity index is 1.82. The SMILES string of the molecule is CCCNc1ccc(C(=O)NCC2CCCCC2C)nn1. The van der Waals surface area contributed by atoms with E-state index in [0.717, 1.165) is 19.5 Å². The molecule has 1 saturated carbocycles. The summed E-state index contributed by atoms with van der Waals surface area (Å²) in [6.07, 6.45) is 6.13. The number of aromatic nitrogens is 2. The summed E-state index contributed by atoms with van der Waals surface area (Å²) in [4.78, 5) is 12.1. The van der Waals surface area contributed by atoms with Crippen LogP contribution in [0.3, 0.4) is 0 Å². The number of carbonyl (C=O) groups excluding carboxylic acids is 1. The maximum Gasteiger partial charge on any atom is 0.271 e. The fourth-order valence-corrected chi connectivity index (χ4v) is 2.81. The highest BCUT2D eigenvalue weighted by molar-refractivity contribution is 5.92. The first-order valence-electron chi connectivity index (χ1n) is 8.06. The van der Waals surface area contributed by atoms with E-state index in [4.69, 9.17) is 0 Å². The lowest BCUT2D eigenvalue weighted by atomic mass is 9.80. The van der Waals surface area contributed by atoms with Crippen molar-refractivity contribution in [1.82, 2.24) is 15.5 Å². The van der Waals surface area contributed by atoms with Gasteiger partial charge in [0.15, 0.2) is 5.69 Å². The molecule has 1 aromatic rings. The molecule has 1 aliphatic rings. The number of hydrogen-bond acceptors (Lipinski definition) is 4. The number of anilines is 1. The minimum Gasteiger partial charge on any atom is -0.369 e. The third-order valence-corrected chi connectivity index (χ3v) is 4.27. The van der Waals surface area contributed by atoms with Crippen molar-refractivity contribution in [3.8, 4) is 0 Å². The number of hydrogen-bond donors (Lipinski definition) is 2. The van der Waals surface area contributed by atoms with E-state index in [1.165, 1.54) is 25.7 Å². The van der Waals surface area contributed by atoms with Crippen molar-refractivity contribution in [3.05, 3.63) is 17.8 Å². The lowest BCUT2D eigenvalue weighted by Crippen LogP contribution is -2.33. The van der Waals surface area contributed by atoms with E-state index in [-0.39, 0.29) is 5.91 Å². The van der Waals surface area contributed by atoms with Gasteiger partial charge in [0.1, 0.15) is 5.82 Å². The molecule has 0 aliphatic heterocycles. The Hall–Kier alpha value is -1.65. The number of rotatable bonds is 6. The summed E-state index contributed by atoms with van der Waals surface area (Å²) in [5.41, 5.74) is 0.389. The quantitative estimate of drug-likeness (QED) is 0.845. The molecule has 21 heavy (non-hydrogen) atoms. The predicted octanol–water partition coefficient (Wildman–Crippen LogP) is 2.85. The van der Waals surface area contributed by atoms with Crippen LogP contribution in [0.2, 0.25) is 0 Å². The van der Waals surface area contributed by atoms with Gasteiger partial charge >= 0.3 is 0 Å². The summed E-state index contributed by atoms with van der Waals surface area (Å²) < 4.78 is 0. The Kier molecular flexibility index (Phi) is 5.96. The minimum atomic E-state index is -0.123. The predicted molar refractivity (Wildman–Crippen MR) is 84.3 cm³/mol. The van der Waals surface area contributed by atoms with E-state index in [2.05, 4.69) is 34.7 Å². The zero-order valence-corrected chi connectivity index (χ0v) is 13.1. The Morgan fingerprint density at radius 3 is 2.76 bits per heavy atom. The highest BCUT2D eigenvalue weighted by Crippen LogP contribution is 2.28. The average Bonchev–Trinajstić information content (AvgIpc) is 2.52. The molecule has 1 amide bonds. The molecule has 0 radical (unpaired) electrons. The fourth-order valence-electron chi connectivity index (χ4n) is 2.81. The number of amides is 1. The van der Waals surface area contributed by atoms with Gasteiger partial charge in [-0.05, 0) is 36.8 Å². The molecular formula is C16H26N4O. The summed E-state index contributed by atoms with van der Waals surface area (Å²) in [5, 5.41) is 14.2. The molecule has 1 fully saturated rings. The molecule has 2 rings (SSSR count). The molecular weight excluding hydrogens is 264 g/mol. The van der Waals surface area contributed by atoms with Gasteiger partial charge in [-0.25, -0.2) is 0 Å². The van der Waals surface area contributed by atoms with Gasteiger partial charge < -0.3 is 10.6 Å². The smallest absolute Gasteiger partial charge is 0.271 e. The first-order valence-corrected chi connectivity index (χ1v) is 8.06. The van der Waals surface area contributed by atoms with Crippen molar-refractivity contribution < 1.29 is 4.79 Å². The van der Waals surface area contributed by atoms with Crippen LogP contribution in [0, 0.1) is 11.8 Å². The molecule has 5 heteroatoms. The zero-order chi connectivity index (χ0) is 15.1. The van der Waals surface area contributed by atoms with Crippen molar-refractivity contribution in [2.24, 2.45) is 11.8 Å². The number of nitrogens with one attached hydrogen (secondary N) is 2. The molecule has 0 spiro atoms. The van der Waals surface area contributed by atoms with Gasteiger partial charge in [0.05, 0.1) is 0 Å². The third kappa shape index (κ3) is 4.69. The van der Waals surface area contributed by atoms with E-state index >= 15 is 0 Å². The summed E-state index contributed by atoms with van der Waals surface area (Å²) in [6, 6.07) is 3.53. The summed E-state index contributed by atoms with van der Waals surface area (Å²) in [5.74, 6) is 1.89. The Bertz CT molecular complexity index is 446. The molecule has 1 aromatic heterocycles. The molecule has 0 aromatic carbocycles. The topological polar surface area (TPSA) is 66.9 Å². The summed E-state index contributed by atoms with van der Waals surface area (Å²) in [6.45, 7) is 5.98. The van der Waals surface area contributed by atoms with Crippen LogP contribution in [-0.2, 0) is 0 Å². The van der Waals surface area contributed by atoms with Crippen LogP contribution in [0.15, 0.2) is 12.1 Å². The molecule has 116 valence electrons. The van der Waals surface area contributed by atoms with Crippen LogP contribution in [0.4, 0.5) is 5.82 Å². The average molecular weight is 290 g/mol. The third-order valence-electron chi connectivity index (χ3n) is 4.27. The first kappa shape index (κ1) is 15.7. The largest absolute Gasteiger partial charge is 0.369 e. The van der Waals surface area contributed by atoms with Gasteiger partial charge in [0.25, 0.3) is 5.91 Å². The highest BCUT2D eigenvalue weighted by Gasteiger charge is 2.22.